The van der Waals surface area contributed by atoms with Gasteiger partial charge in [-0.3, -0.25) is 9.78 Å². The summed E-state index contributed by atoms with van der Waals surface area (Å²) in [7, 11) is -3.34. The first-order chi connectivity index (χ1) is 18.1. The lowest BCUT2D eigenvalue weighted by Crippen LogP contribution is -2.17. The van der Waals surface area contributed by atoms with Crippen LogP contribution in [0, 0.1) is 0 Å². The lowest BCUT2D eigenvalue weighted by atomic mass is 9.95. The van der Waals surface area contributed by atoms with Gasteiger partial charge in [-0.05, 0) is 53.6 Å². The van der Waals surface area contributed by atoms with Crippen LogP contribution in [-0.4, -0.2) is 31.4 Å². The van der Waals surface area contributed by atoms with Crippen LogP contribution in [0.5, 0.6) is 5.75 Å². The zero-order valence-corrected chi connectivity index (χ0v) is 21.0. The normalized spacial score (nSPS) is 11.7. The molecule has 0 aliphatic carbocycles. The van der Waals surface area contributed by atoms with E-state index in [0.29, 0.717) is 28.1 Å². The summed E-state index contributed by atoms with van der Waals surface area (Å²) in [5.41, 5.74) is 2.68. The van der Waals surface area contributed by atoms with Gasteiger partial charge in [0.05, 0.1) is 22.8 Å². The Kier molecular flexibility index (Phi) is 7.82. The Morgan fingerprint density at radius 1 is 0.895 bits per heavy atom. The second kappa shape index (κ2) is 11.1. The number of anilines is 1. The maximum atomic E-state index is 13.0. The average Bonchev–Trinajstić information content (AvgIpc) is 2.89. The van der Waals surface area contributed by atoms with E-state index < -0.39 is 16.2 Å². The molecule has 10 heteroatoms. The molecule has 0 saturated carbocycles. The molecule has 38 heavy (non-hydrogen) atoms. The minimum Gasteiger partial charge on any atom is -0.405 e. The number of ether oxygens (including phenoxy) is 1. The van der Waals surface area contributed by atoms with Crippen molar-refractivity contribution in [2.75, 3.05) is 11.1 Å². The number of carbonyl (C=O) groups is 1. The smallest absolute Gasteiger partial charge is 0.405 e. The molecular weight excluding hydrogens is 517 g/mol. The molecule has 0 fully saturated rings. The number of carbonyl (C=O) groups excluding carboxylic acids is 1. The molecule has 1 amide bonds. The van der Waals surface area contributed by atoms with E-state index in [0.717, 1.165) is 0 Å². The van der Waals surface area contributed by atoms with Crippen LogP contribution >= 0.6 is 0 Å². The maximum absolute atomic E-state index is 13.0. The summed E-state index contributed by atoms with van der Waals surface area (Å²) in [5, 5.41) is 2.79. The topological polar surface area (TPSA) is 85.4 Å². The molecule has 0 atom stereocenters. The zero-order valence-electron chi connectivity index (χ0n) is 20.2. The molecule has 6 nitrogen and oxygen atoms in total. The van der Waals surface area contributed by atoms with Gasteiger partial charge in [-0.15, -0.1) is 13.2 Å². The quantitative estimate of drug-likeness (QED) is 0.284. The number of halogens is 3. The summed E-state index contributed by atoms with van der Waals surface area (Å²) in [5.74, 6) is -0.729. The van der Waals surface area contributed by atoms with Crippen molar-refractivity contribution in [3.8, 4) is 28.1 Å². The standard InChI is InChI=1S/C28H23F3N2O4S/c1-2-38(35,36)21-13-10-19(11-14-21)17-27(34)33-20-12-15-22(24(18-20)25-8-5-6-16-32-25)23-7-3-4-9-26(23)37-28(29,30)31/h3-16,18H,2,17H2,1H3,(H,33,34). The summed E-state index contributed by atoms with van der Waals surface area (Å²) in [6.07, 6.45) is -3.31. The minimum absolute atomic E-state index is 0.00458. The van der Waals surface area contributed by atoms with E-state index in [4.69, 9.17) is 0 Å². The third-order valence-electron chi connectivity index (χ3n) is 5.67. The Hall–Kier alpha value is -4.18. The number of aromatic nitrogens is 1. The highest BCUT2D eigenvalue weighted by Crippen LogP contribution is 2.39. The van der Waals surface area contributed by atoms with E-state index in [2.05, 4.69) is 15.0 Å². The number of amides is 1. The van der Waals surface area contributed by atoms with Crippen LogP contribution in [-0.2, 0) is 21.1 Å². The Morgan fingerprint density at radius 2 is 1.61 bits per heavy atom. The first-order valence-electron chi connectivity index (χ1n) is 11.6. The lowest BCUT2D eigenvalue weighted by molar-refractivity contribution is -0.274. The lowest BCUT2D eigenvalue weighted by Gasteiger charge is -2.17. The fraction of sp³-hybridized carbons (Fsp3) is 0.143. The molecule has 1 N–H and O–H groups in total. The van der Waals surface area contributed by atoms with Crippen molar-refractivity contribution in [2.45, 2.75) is 24.6 Å². The molecule has 0 aliphatic rings. The highest BCUT2D eigenvalue weighted by molar-refractivity contribution is 7.91. The summed E-state index contributed by atoms with van der Waals surface area (Å²) >= 11 is 0. The van der Waals surface area contributed by atoms with E-state index in [9.17, 15) is 26.4 Å². The summed E-state index contributed by atoms with van der Waals surface area (Å²) < 4.78 is 67.3. The molecule has 1 heterocycles. The van der Waals surface area contributed by atoms with Gasteiger partial charge in [-0.2, -0.15) is 0 Å². The van der Waals surface area contributed by atoms with Crippen LogP contribution in [0.1, 0.15) is 12.5 Å². The second-order valence-electron chi connectivity index (χ2n) is 8.29. The van der Waals surface area contributed by atoms with E-state index in [1.165, 1.54) is 30.3 Å². The largest absolute Gasteiger partial charge is 0.573 e. The van der Waals surface area contributed by atoms with Crippen molar-refractivity contribution in [2.24, 2.45) is 0 Å². The number of alkyl halides is 3. The van der Waals surface area contributed by atoms with Gasteiger partial charge in [0.25, 0.3) is 0 Å². The van der Waals surface area contributed by atoms with E-state index in [1.807, 2.05) is 0 Å². The first-order valence-corrected chi connectivity index (χ1v) is 13.2. The van der Waals surface area contributed by atoms with Gasteiger partial charge in [0.1, 0.15) is 5.75 Å². The molecule has 4 aromatic rings. The Bertz CT molecular complexity index is 1540. The van der Waals surface area contributed by atoms with Gasteiger partial charge in [0.2, 0.25) is 5.91 Å². The number of hydrogen-bond donors (Lipinski definition) is 1. The number of para-hydroxylation sites is 1. The molecule has 0 unspecified atom stereocenters. The van der Waals surface area contributed by atoms with Gasteiger partial charge in [-0.1, -0.05) is 49.4 Å². The maximum Gasteiger partial charge on any atom is 0.573 e. The van der Waals surface area contributed by atoms with Gasteiger partial charge in [-0.25, -0.2) is 8.42 Å². The Morgan fingerprint density at radius 3 is 2.26 bits per heavy atom. The molecular formula is C28H23F3N2O4S. The fourth-order valence-corrected chi connectivity index (χ4v) is 4.75. The van der Waals surface area contributed by atoms with Crippen LogP contribution in [0.3, 0.4) is 0 Å². The number of nitrogens with zero attached hydrogens (tertiary/aromatic N) is 1. The molecule has 0 saturated heterocycles. The molecule has 0 spiro atoms. The molecule has 4 rings (SSSR count). The molecule has 196 valence electrons. The predicted molar refractivity (Wildman–Crippen MR) is 138 cm³/mol. The number of sulfone groups is 1. The number of pyridine rings is 1. The van der Waals surface area contributed by atoms with E-state index >= 15 is 0 Å². The van der Waals surface area contributed by atoms with Crippen molar-refractivity contribution < 1.29 is 31.1 Å². The van der Waals surface area contributed by atoms with Gasteiger partial charge >= 0.3 is 6.36 Å². The van der Waals surface area contributed by atoms with Crippen LogP contribution in [0.15, 0.2) is 96.0 Å². The highest BCUT2D eigenvalue weighted by atomic mass is 32.2. The summed E-state index contributed by atoms with van der Waals surface area (Å²) in [4.78, 5) is 17.3. The number of hydrogen-bond acceptors (Lipinski definition) is 5. The Labute approximate surface area is 218 Å². The SMILES string of the molecule is CCS(=O)(=O)c1ccc(CC(=O)Nc2ccc(-c3ccccc3OC(F)(F)F)c(-c3ccccn3)c2)cc1. The molecule has 3 aromatic carbocycles. The van der Waals surface area contributed by atoms with E-state index in [1.54, 1.807) is 67.7 Å². The third kappa shape index (κ3) is 6.57. The van der Waals surface area contributed by atoms with Crippen LogP contribution in [0.2, 0.25) is 0 Å². The van der Waals surface area contributed by atoms with Crippen molar-refractivity contribution >= 4 is 21.4 Å². The van der Waals surface area contributed by atoms with Crippen molar-refractivity contribution in [3.05, 3.63) is 96.7 Å². The molecule has 0 aliphatic heterocycles. The number of nitrogens with one attached hydrogen (secondary N) is 1. The Balaban J connectivity index is 1.63. The second-order valence-corrected chi connectivity index (χ2v) is 10.6. The first kappa shape index (κ1) is 26.9. The summed E-state index contributed by atoms with van der Waals surface area (Å²) in [6.45, 7) is 1.56. The van der Waals surface area contributed by atoms with Crippen molar-refractivity contribution in [1.82, 2.24) is 4.98 Å². The van der Waals surface area contributed by atoms with Gasteiger partial charge in [0, 0.05) is 23.0 Å². The molecule has 0 radical (unpaired) electrons. The van der Waals surface area contributed by atoms with Crippen LogP contribution < -0.4 is 10.1 Å². The number of rotatable bonds is 8. The fourth-order valence-electron chi connectivity index (χ4n) is 3.87. The van der Waals surface area contributed by atoms with Crippen LogP contribution in [0.25, 0.3) is 22.4 Å². The van der Waals surface area contributed by atoms with Gasteiger partial charge < -0.3 is 10.1 Å². The third-order valence-corrected chi connectivity index (χ3v) is 7.42. The molecule has 1 aromatic heterocycles. The highest BCUT2D eigenvalue weighted by Gasteiger charge is 2.32. The van der Waals surface area contributed by atoms with Crippen molar-refractivity contribution in [1.29, 1.82) is 0 Å². The predicted octanol–water partition coefficient (Wildman–Crippen LogP) is 6.29. The van der Waals surface area contributed by atoms with Crippen molar-refractivity contribution in [3.63, 3.8) is 0 Å². The summed E-state index contributed by atoms with van der Waals surface area (Å²) in [6, 6.07) is 21.9. The molecule has 0 bridgehead atoms. The van der Waals surface area contributed by atoms with Gasteiger partial charge in [0.15, 0.2) is 9.84 Å². The number of benzene rings is 3. The zero-order chi connectivity index (χ0) is 27.3. The average molecular weight is 541 g/mol. The van der Waals surface area contributed by atoms with E-state index in [-0.39, 0.29) is 34.3 Å². The minimum atomic E-state index is -4.87. The monoisotopic (exact) mass is 540 g/mol. The van der Waals surface area contributed by atoms with Crippen LogP contribution in [0.4, 0.5) is 18.9 Å².